The number of amides is 1. The minimum absolute atomic E-state index is 0.195. The first-order valence-electron chi connectivity index (χ1n) is 6.40. The summed E-state index contributed by atoms with van der Waals surface area (Å²) in [6.45, 7) is 1.89. The smallest absolute Gasteiger partial charge is 0.255 e. The second-order valence-electron chi connectivity index (χ2n) is 4.76. The van der Waals surface area contributed by atoms with Crippen LogP contribution in [-0.4, -0.2) is 10.9 Å². The highest BCUT2D eigenvalue weighted by molar-refractivity contribution is 7.80. The number of aryl methyl sites for hydroxylation is 1. The van der Waals surface area contributed by atoms with Crippen molar-refractivity contribution < 1.29 is 4.79 Å². The standard InChI is InChI=1S/C16H15ClN2OS/c1-10-2-5-12(9-14(10)17)16(20)19-13-6-3-11(4-7-13)8-15(18)21/h2-7,9H,8H2,1H3,(H2,18,21)(H,19,20). The van der Waals surface area contributed by atoms with Crippen molar-refractivity contribution >= 4 is 40.4 Å². The van der Waals surface area contributed by atoms with Gasteiger partial charge in [0.1, 0.15) is 0 Å². The van der Waals surface area contributed by atoms with E-state index in [1.807, 2.05) is 37.3 Å². The number of benzene rings is 2. The number of nitrogens with two attached hydrogens (primary N) is 1. The van der Waals surface area contributed by atoms with Crippen molar-refractivity contribution in [3.05, 3.63) is 64.2 Å². The summed E-state index contributed by atoms with van der Waals surface area (Å²) >= 11 is 10.9. The van der Waals surface area contributed by atoms with Crippen molar-refractivity contribution in [2.24, 2.45) is 5.73 Å². The van der Waals surface area contributed by atoms with Crippen molar-refractivity contribution in [1.29, 1.82) is 0 Å². The van der Waals surface area contributed by atoms with E-state index in [4.69, 9.17) is 29.6 Å². The number of thiocarbonyl (C=S) groups is 1. The van der Waals surface area contributed by atoms with Crippen LogP contribution in [0.15, 0.2) is 42.5 Å². The molecule has 2 aromatic carbocycles. The van der Waals surface area contributed by atoms with Crippen LogP contribution >= 0.6 is 23.8 Å². The first-order chi connectivity index (χ1) is 9.95. The molecule has 0 aliphatic heterocycles. The molecule has 0 aromatic heterocycles. The SMILES string of the molecule is Cc1ccc(C(=O)Nc2ccc(CC(N)=S)cc2)cc1Cl. The number of rotatable bonds is 4. The third-order valence-electron chi connectivity index (χ3n) is 3.02. The van der Waals surface area contributed by atoms with Crippen LogP contribution in [0.3, 0.4) is 0 Å². The molecular formula is C16H15ClN2OS. The zero-order chi connectivity index (χ0) is 15.4. The Morgan fingerprint density at radius 3 is 2.48 bits per heavy atom. The van der Waals surface area contributed by atoms with Gasteiger partial charge in [0.05, 0.1) is 4.99 Å². The fraction of sp³-hybridized carbons (Fsp3) is 0.125. The van der Waals surface area contributed by atoms with Gasteiger partial charge in [0.25, 0.3) is 5.91 Å². The fourth-order valence-electron chi connectivity index (χ4n) is 1.84. The second-order valence-corrected chi connectivity index (χ2v) is 5.69. The topological polar surface area (TPSA) is 55.1 Å². The molecule has 0 fully saturated rings. The van der Waals surface area contributed by atoms with Crippen LogP contribution in [0.5, 0.6) is 0 Å². The van der Waals surface area contributed by atoms with Crippen LogP contribution in [0, 0.1) is 6.92 Å². The monoisotopic (exact) mass is 318 g/mol. The highest BCUT2D eigenvalue weighted by atomic mass is 35.5. The van der Waals surface area contributed by atoms with Crippen molar-refractivity contribution in [2.45, 2.75) is 13.3 Å². The van der Waals surface area contributed by atoms with Crippen LogP contribution in [0.2, 0.25) is 5.02 Å². The molecule has 3 N–H and O–H groups in total. The predicted octanol–water partition coefficient (Wildman–Crippen LogP) is 3.73. The zero-order valence-corrected chi connectivity index (χ0v) is 13.1. The molecule has 0 bridgehead atoms. The Morgan fingerprint density at radius 2 is 1.90 bits per heavy atom. The Hall–Kier alpha value is -1.91. The quantitative estimate of drug-likeness (QED) is 0.845. The van der Waals surface area contributed by atoms with Gasteiger partial charge in [-0.2, -0.15) is 0 Å². The van der Waals surface area contributed by atoms with Crippen molar-refractivity contribution in [1.82, 2.24) is 0 Å². The number of carbonyl (C=O) groups excluding carboxylic acids is 1. The Bertz CT molecular complexity index is 683. The van der Waals surface area contributed by atoms with E-state index in [0.717, 1.165) is 11.1 Å². The van der Waals surface area contributed by atoms with E-state index < -0.39 is 0 Å². The molecule has 0 saturated heterocycles. The molecule has 0 unspecified atom stereocenters. The van der Waals surface area contributed by atoms with E-state index in [1.165, 1.54) is 0 Å². The molecule has 0 aliphatic carbocycles. The number of anilines is 1. The van der Waals surface area contributed by atoms with Crippen LogP contribution in [0.4, 0.5) is 5.69 Å². The summed E-state index contributed by atoms with van der Waals surface area (Å²) in [5, 5.41) is 3.40. The summed E-state index contributed by atoms with van der Waals surface area (Å²) in [7, 11) is 0. The van der Waals surface area contributed by atoms with Crippen LogP contribution in [0.1, 0.15) is 21.5 Å². The third kappa shape index (κ3) is 4.28. The highest BCUT2D eigenvalue weighted by Gasteiger charge is 2.08. The first kappa shape index (κ1) is 15.5. The van der Waals surface area contributed by atoms with Gasteiger partial charge in [0.2, 0.25) is 0 Å². The summed E-state index contributed by atoms with van der Waals surface area (Å²) in [6.07, 6.45) is 0.553. The molecule has 0 saturated carbocycles. The fourth-order valence-corrected chi connectivity index (χ4v) is 2.19. The van der Waals surface area contributed by atoms with Crippen LogP contribution in [-0.2, 0) is 6.42 Å². The first-order valence-corrected chi connectivity index (χ1v) is 7.19. The second kappa shape index (κ2) is 6.70. The molecule has 108 valence electrons. The van der Waals surface area contributed by atoms with Gasteiger partial charge in [-0.1, -0.05) is 42.0 Å². The summed E-state index contributed by atoms with van der Waals surface area (Å²) < 4.78 is 0. The molecule has 1 amide bonds. The molecule has 0 heterocycles. The maximum atomic E-state index is 12.1. The Labute approximate surface area is 134 Å². The highest BCUT2D eigenvalue weighted by Crippen LogP contribution is 2.18. The minimum Gasteiger partial charge on any atom is -0.393 e. The van der Waals surface area contributed by atoms with Crippen molar-refractivity contribution in [2.75, 3.05) is 5.32 Å². The van der Waals surface area contributed by atoms with Gasteiger partial charge < -0.3 is 11.1 Å². The molecule has 21 heavy (non-hydrogen) atoms. The average molecular weight is 319 g/mol. The van der Waals surface area contributed by atoms with Gasteiger partial charge in [-0.25, -0.2) is 0 Å². The van der Waals surface area contributed by atoms with E-state index in [9.17, 15) is 4.79 Å². The average Bonchev–Trinajstić information content (AvgIpc) is 2.43. The largest absolute Gasteiger partial charge is 0.393 e. The van der Waals surface area contributed by atoms with Gasteiger partial charge in [-0.3, -0.25) is 4.79 Å². The lowest BCUT2D eigenvalue weighted by Gasteiger charge is -2.07. The van der Waals surface area contributed by atoms with Crippen LogP contribution < -0.4 is 11.1 Å². The molecule has 5 heteroatoms. The van der Waals surface area contributed by atoms with E-state index in [2.05, 4.69) is 5.32 Å². The number of hydrogen-bond donors (Lipinski definition) is 2. The van der Waals surface area contributed by atoms with E-state index in [0.29, 0.717) is 27.7 Å². The number of carbonyl (C=O) groups is 1. The minimum atomic E-state index is -0.195. The van der Waals surface area contributed by atoms with Crippen LogP contribution in [0.25, 0.3) is 0 Å². The molecular weight excluding hydrogens is 304 g/mol. The lowest BCUT2D eigenvalue weighted by molar-refractivity contribution is 0.102. The molecule has 2 aromatic rings. The number of nitrogens with one attached hydrogen (secondary N) is 1. The van der Waals surface area contributed by atoms with Crippen molar-refractivity contribution in [3.8, 4) is 0 Å². The normalized spacial score (nSPS) is 10.2. The van der Waals surface area contributed by atoms with Gasteiger partial charge in [0.15, 0.2) is 0 Å². The van der Waals surface area contributed by atoms with E-state index in [-0.39, 0.29) is 5.91 Å². The molecule has 0 spiro atoms. The zero-order valence-electron chi connectivity index (χ0n) is 11.5. The predicted molar refractivity (Wildman–Crippen MR) is 91.1 cm³/mol. The van der Waals surface area contributed by atoms with Gasteiger partial charge in [0, 0.05) is 22.7 Å². The Balaban J connectivity index is 2.08. The van der Waals surface area contributed by atoms with E-state index in [1.54, 1.807) is 12.1 Å². The summed E-state index contributed by atoms with van der Waals surface area (Å²) in [5.41, 5.74) is 8.68. The lowest BCUT2D eigenvalue weighted by atomic mass is 10.1. The summed E-state index contributed by atoms with van der Waals surface area (Å²) in [6, 6.07) is 12.6. The molecule has 0 radical (unpaired) electrons. The Morgan fingerprint density at radius 1 is 1.24 bits per heavy atom. The van der Waals surface area contributed by atoms with Gasteiger partial charge in [-0.05, 0) is 42.3 Å². The maximum Gasteiger partial charge on any atom is 0.255 e. The molecule has 0 aliphatic rings. The molecule has 3 nitrogen and oxygen atoms in total. The summed E-state index contributed by atoms with van der Waals surface area (Å²) in [5.74, 6) is -0.195. The van der Waals surface area contributed by atoms with Gasteiger partial charge >= 0.3 is 0 Å². The maximum absolute atomic E-state index is 12.1. The Kier molecular flexibility index (Phi) is 4.94. The molecule has 2 rings (SSSR count). The third-order valence-corrected chi connectivity index (χ3v) is 3.58. The number of halogens is 1. The lowest BCUT2D eigenvalue weighted by Crippen LogP contribution is -2.13. The summed E-state index contributed by atoms with van der Waals surface area (Å²) in [4.78, 5) is 12.6. The van der Waals surface area contributed by atoms with Gasteiger partial charge in [-0.15, -0.1) is 0 Å². The van der Waals surface area contributed by atoms with Crippen molar-refractivity contribution in [3.63, 3.8) is 0 Å². The molecule has 0 atom stereocenters. The van der Waals surface area contributed by atoms with E-state index >= 15 is 0 Å². The number of hydrogen-bond acceptors (Lipinski definition) is 2.